The molecule has 5 nitrogen and oxygen atoms in total. The average Bonchev–Trinajstić information content (AvgIpc) is 3.10. The van der Waals surface area contributed by atoms with Crippen molar-refractivity contribution in [3.8, 4) is 22.6 Å². The van der Waals surface area contributed by atoms with Gasteiger partial charge in [-0.2, -0.15) is 0 Å². The molecule has 1 heterocycles. The van der Waals surface area contributed by atoms with Crippen molar-refractivity contribution < 1.29 is 18.3 Å². The summed E-state index contributed by atoms with van der Waals surface area (Å²) in [6, 6.07) is 14.1. The summed E-state index contributed by atoms with van der Waals surface area (Å²) in [4.78, 5) is 15.7. The van der Waals surface area contributed by atoms with E-state index < -0.39 is 17.5 Å². The van der Waals surface area contributed by atoms with Crippen LogP contribution in [-0.2, 0) is 0 Å². The highest BCUT2D eigenvalue weighted by molar-refractivity contribution is 5.96. The number of primary amides is 1. The molecule has 0 atom stereocenters. The molecular weight excluding hydrogens is 364 g/mol. The minimum absolute atomic E-state index is 0.0276. The fourth-order valence-corrected chi connectivity index (χ4v) is 3.18. The molecule has 0 spiro atoms. The Morgan fingerprint density at radius 3 is 2.68 bits per heavy atom. The number of nitrogens with zero attached hydrogens (tertiary/aromatic N) is 2. The number of rotatable bonds is 4. The van der Waals surface area contributed by atoms with Crippen LogP contribution in [-0.4, -0.2) is 22.6 Å². The van der Waals surface area contributed by atoms with E-state index in [2.05, 4.69) is 4.98 Å². The van der Waals surface area contributed by atoms with E-state index in [1.165, 1.54) is 13.2 Å². The molecule has 0 saturated carbocycles. The van der Waals surface area contributed by atoms with Gasteiger partial charge < -0.3 is 10.5 Å². The monoisotopic (exact) mass is 379 g/mol. The van der Waals surface area contributed by atoms with E-state index in [9.17, 15) is 13.6 Å². The molecule has 4 aromatic rings. The van der Waals surface area contributed by atoms with Crippen LogP contribution in [0, 0.1) is 11.6 Å². The van der Waals surface area contributed by atoms with Gasteiger partial charge in [-0.05, 0) is 42.0 Å². The Hall–Kier alpha value is -3.74. The first-order chi connectivity index (χ1) is 13.5. The third-order valence-corrected chi connectivity index (χ3v) is 4.48. The summed E-state index contributed by atoms with van der Waals surface area (Å²) in [6.45, 7) is 0. The van der Waals surface area contributed by atoms with Crippen LogP contribution in [0.25, 0.3) is 27.8 Å². The molecule has 1 amide bonds. The Kier molecular flexibility index (Phi) is 4.27. The second-order valence-corrected chi connectivity index (χ2v) is 6.20. The summed E-state index contributed by atoms with van der Waals surface area (Å²) in [5.41, 5.74) is 8.68. The number of hydrogen-bond donors (Lipinski definition) is 1. The Balaban J connectivity index is 1.85. The average molecular weight is 379 g/mol. The van der Waals surface area contributed by atoms with Crippen LogP contribution in [0.15, 0.2) is 60.9 Å². The van der Waals surface area contributed by atoms with Gasteiger partial charge in [0.15, 0.2) is 11.6 Å². The van der Waals surface area contributed by atoms with Gasteiger partial charge in [-0.3, -0.25) is 9.36 Å². The number of benzene rings is 3. The number of imidazole rings is 1. The quantitative estimate of drug-likeness (QED) is 0.581. The lowest BCUT2D eigenvalue weighted by atomic mass is 10.0. The number of aromatic nitrogens is 2. The van der Waals surface area contributed by atoms with Gasteiger partial charge in [-0.1, -0.05) is 12.1 Å². The molecule has 0 saturated heterocycles. The molecule has 140 valence electrons. The van der Waals surface area contributed by atoms with E-state index in [4.69, 9.17) is 10.5 Å². The smallest absolute Gasteiger partial charge is 0.248 e. The third-order valence-electron chi connectivity index (χ3n) is 4.48. The topological polar surface area (TPSA) is 70.1 Å². The van der Waals surface area contributed by atoms with Crippen molar-refractivity contribution in [1.82, 2.24) is 9.55 Å². The first kappa shape index (κ1) is 17.7. The van der Waals surface area contributed by atoms with Crippen LogP contribution in [0.3, 0.4) is 0 Å². The molecule has 1 aromatic heterocycles. The standard InChI is InChI=1S/C21H15F2N3O2/c1-28-20-16(9-14(22)10-17(20)23)12-3-2-4-15(7-12)26-11-25-18-8-13(21(24)27)5-6-19(18)26/h2-11H,1H3,(H2,24,27). The maximum Gasteiger partial charge on any atom is 0.248 e. The largest absolute Gasteiger partial charge is 0.493 e. The van der Waals surface area contributed by atoms with Crippen molar-refractivity contribution in [1.29, 1.82) is 0 Å². The maximum atomic E-state index is 14.1. The summed E-state index contributed by atoms with van der Waals surface area (Å²) >= 11 is 0. The lowest BCUT2D eigenvalue weighted by Crippen LogP contribution is -2.10. The van der Waals surface area contributed by atoms with Crippen molar-refractivity contribution in [2.45, 2.75) is 0 Å². The predicted molar refractivity (Wildman–Crippen MR) is 101 cm³/mol. The number of amides is 1. The van der Waals surface area contributed by atoms with Gasteiger partial charge in [0.05, 0.1) is 18.1 Å². The van der Waals surface area contributed by atoms with Crippen LogP contribution in [0.5, 0.6) is 5.75 Å². The van der Waals surface area contributed by atoms with Gasteiger partial charge >= 0.3 is 0 Å². The van der Waals surface area contributed by atoms with E-state index in [-0.39, 0.29) is 5.75 Å². The molecule has 3 aromatic carbocycles. The Morgan fingerprint density at radius 1 is 1.11 bits per heavy atom. The SMILES string of the molecule is COc1c(F)cc(F)cc1-c1cccc(-n2cnc3cc(C(N)=O)ccc32)c1. The highest BCUT2D eigenvalue weighted by Gasteiger charge is 2.15. The summed E-state index contributed by atoms with van der Waals surface area (Å²) in [7, 11) is 1.34. The molecule has 0 aliphatic heterocycles. The molecule has 2 N–H and O–H groups in total. The van der Waals surface area contributed by atoms with Crippen molar-refractivity contribution in [3.63, 3.8) is 0 Å². The molecule has 0 radical (unpaired) electrons. The van der Waals surface area contributed by atoms with Crippen LogP contribution in [0.1, 0.15) is 10.4 Å². The third kappa shape index (κ3) is 2.96. The molecule has 0 fully saturated rings. The summed E-state index contributed by atoms with van der Waals surface area (Å²) in [5.74, 6) is -2.01. The fourth-order valence-electron chi connectivity index (χ4n) is 3.18. The lowest BCUT2D eigenvalue weighted by molar-refractivity contribution is 0.100. The number of halogens is 2. The van der Waals surface area contributed by atoms with Crippen LogP contribution in [0.2, 0.25) is 0 Å². The summed E-state index contributed by atoms with van der Waals surface area (Å²) in [5, 5.41) is 0. The van der Waals surface area contributed by atoms with Crippen LogP contribution in [0.4, 0.5) is 8.78 Å². The highest BCUT2D eigenvalue weighted by Crippen LogP contribution is 2.34. The number of fused-ring (bicyclic) bond motifs is 1. The zero-order chi connectivity index (χ0) is 19.8. The van der Waals surface area contributed by atoms with Gasteiger partial charge in [0.1, 0.15) is 12.1 Å². The highest BCUT2D eigenvalue weighted by atomic mass is 19.1. The normalized spacial score (nSPS) is 11.0. The number of ether oxygens (including phenoxy) is 1. The Morgan fingerprint density at radius 2 is 1.93 bits per heavy atom. The summed E-state index contributed by atoms with van der Waals surface area (Å²) < 4.78 is 34.8. The van der Waals surface area contributed by atoms with E-state index in [1.54, 1.807) is 42.7 Å². The predicted octanol–water partition coefficient (Wildman–Crippen LogP) is 4.08. The van der Waals surface area contributed by atoms with Gasteiger partial charge in [0.2, 0.25) is 5.91 Å². The van der Waals surface area contributed by atoms with Crippen molar-refractivity contribution >= 4 is 16.9 Å². The maximum absolute atomic E-state index is 14.1. The lowest BCUT2D eigenvalue weighted by Gasteiger charge is -2.12. The van der Waals surface area contributed by atoms with Crippen molar-refractivity contribution in [3.05, 3.63) is 78.1 Å². The van der Waals surface area contributed by atoms with Gasteiger partial charge in [-0.25, -0.2) is 13.8 Å². The number of methoxy groups -OCH3 is 1. The number of hydrogen-bond acceptors (Lipinski definition) is 3. The van der Waals surface area contributed by atoms with Crippen molar-refractivity contribution in [2.24, 2.45) is 5.73 Å². The Bertz CT molecular complexity index is 1220. The molecule has 0 aliphatic carbocycles. The molecule has 0 aliphatic rings. The minimum atomic E-state index is -0.769. The van der Waals surface area contributed by atoms with Crippen LogP contribution < -0.4 is 10.5 Å². The number of nitrogens with two attached hydrogens (primary N) is 1. The van der Waals surface area contributed by atoms with Gasteiger partial charge in [0.25, 0.3) is 0 Å². The summed E-state index contributed by atoms with van der Waals surface area (Å²) in [6.07, 6.45) is 1.61. The minimum Gasteiger partial charge on any atom is -0.493 e. The zero-order valence-corrected chi connectivity index (χ0v) is 14.8. The van der Waals surface area contributed by atoms with Gasteiger partial charge in [0, 0.05) is 22.9 Å². The van der Waals surface area contributed by atoms with E-state index in [0.717, 1.165) is 17.3 Å². The Labute approximate surface area is 159 Å². The van der Waals surface area contributed by atoms with E-state index in [0.29, 0.717) is 22.2 Å². The first-order valence-corrected chi connectivity index (χ1v) is 8.38. The van der Waals surface area contributed by atoms with Crippen LogP contribution >= 0.6 is 0 Å². The molecular formula is C21H15F2N3O2. The molecule has 4 rings (SSSR count). The van der Waals surface area contributed by atoms with Gasteiger partial charge in [-0.15, -0.1) is 0 Å². The van der Waals surface area contributed by atoms with E-state index >= 15 is 0 Å². The second kappa shape index (κ2) is 6.77. The molecule has 0 bridgehead atoms. The number of carbonyl (C=O) groups excluding carboxylic acids is 1. The molecule has 28 heavy (non-hydrogen) atoms. The first-order valence-electron chi connectivity index (χ1n) is 8.38. The number of carbonyl (C=O) groups is 1. The zero-order valence-electron chi connectivity index (χ0n) is 14.8. The van der Waals surface area contributed by atoms with E-state index in [1.807, 2.05) is 10.6 Å². The second-order valence-electron chi connectivity index (χ2n) is 6.20. The van der Waals surface area contributed by atoms with Crippen molar-refractivity contribution in [2.75, 3.05) is 7.11 Å². The molecule has 0 unspecified atom stereocenters. The molecule has 7 heteroatoms. The fraction of sp³-hybridized carbons (Fsp3) is 0.0476.